The van der Waals surface area contributed by atoms with Crippen molar-refractivity contribution in [3.63, 3.8) is 0 Å². The summed E-state index contributed by atoms with van der Waals surface area (Å²) in [7, 11) is 1.56. The van der Waals surface area contributed by atoms with Gasteiger partial charge < -0.3 is 20.5 Å². The molecule has 0 aliphatic heterocycles. The van der Waals surface area contributed by atoms with Gasteiger partial charge in [-0.05, 0) is 37.1 Å². The molecule has 1 unspecified atom stereocenters. The predicted octanol–water partition coefficient (Wildman–Crippen LogP) is 4.30. The molecule has 0 aliphatic carbocycles. The average molecular weight is 515 g/mol. The highest BCUT2D eigenvalue weighted by molar-refractivity contribution is 14.0. The Bertz CT molecular complexity index is 729. The van der Waals surface area contributed by atoms with Gasteiger partial charge in [-0.15, -0.1) is 35.7 Å². The number of phenolic OH excluding ortho intramolecular Hbond substituents is 1. The number of ether oxygens (including phenoxy) is 1. The maximum Gasteiger partial charge on any atom is 0.191 e. The molecule has 5 nitrogen and oxygen atoms in total. The smallest absolute Gasteiger partial charge is 0.191 e. The summed E-state index contributed by atoms with van der Waals surface area (Å²) in [6, 6.07) is 15.9. The van der Waals surface area contributed by atoms with Crippen molar-refractivity contribution >= 4 is 41.7 Å². The Morgan fingerprint density at radius 3 is 2.57 bits per heavy atom. The van der Waals surface area contributed by atoms with Crippen LogP contribution in [0.3, 0.4) is 0 Å². The minimum absolute atomic E-state index is 0. The summed E-state index contributed by atoms with van der Waals surface area (Å²) in [6.07, 6.45) is 0.682. The molecular formula is C21H30IN3O2S. The summed E-state index contributed by atoms with van der Waals surface area (Å²) in [5.41, 5.74) is 0.852. The molecule has 3 N–H and O–H groups in total. The summed E-state index contributed by atoms with van der Waals surface area (Å²) in [4.78, 5) is 5.94. The van der Waals surface area contributed by atoms with E-state index >= 15 is 0 Å². The lowest BCUT2D eigenvalue weighted by Crippen LogP contribution is -2.38. The van der Waals surface area contributed by atoms with Crippen molar-refractivity contribution < 1.29 is 9.84 Å². The highest BCUT2D eigenvalue weighted by Gasteiger charge is 2.08. The van der Waals surface area contributed by atoms with Crippen LogP contribution in [0.4, 0.5) is 0 Å². The molecule has 154 valence electrons. The van der Waals surface area contributed by atoms with Gasteiger partial charge in [0.05, 0.1) is 13.7 Å². The molecule has 0 amide bonds. The average Bonchev–Trinajstić information content (AvgIpc) is 2.68. The number of para-hydroxylation sites is 1. The number of halogens is 1. The van der Waals surface area contributed by atoms with Crippen LogP contribution in [-0.2, 0) is 6.42 Å². The zero-order chi connectivity index (χ0) is 19.5. The molecule has 2 rings (SSSR count). The molecule has 0 bridgehead atoms. The second-order valence-electron chi connectivity index (χ2n) is 6.11. The first-order valence-electron chi connectivity index (χ1n) is 9.22. The van der Waals surface area contributed by atoms with Crippen LogP contribution >= 0.6 is 35.7 Å². The van der Waals surface area contributed by atoms with Gasteiger partial charge in [-0.1, -0.05) is 37.3 Å². The highest BCUT2D eigenvalue weighted by atomic mass is 127. The maximum atomic E-state index is 10.2. The van der Waals surface area contributed by atoms with E-state index in [4.69, 9.17) is 4.74 Å². The summed E-state index contributed by atoms with van der Waals surface area (Å²) >= 11 is 1.82. The zero-order valence-corrected chi connectivity index (χ0v) is 19.8. The van der Waals surface area contributed by atoms with Crippen molar-refractivity contribution in [3.05, 3.63) is 54.1 Å². The molecule has 0 radical (unpaired) electrons. The van der Waals surface area contributed by atoms with E-state index in [1.807, 2.05) is 36.9 Å². The van der Waals surface area contributed by atoms with Crippen LogP contribution in [0.5, 0.6) is 11.5 Å². The molecular weight excluding hydrogens is 485 g/mol. The summed E-state index contributed by atoms with van der Waals surface area (Å²) < 4.78 is 5.16. The number of guanidine groups is 1. The summed E-state index contributed by atoms with van der Waals surface area (Å²) in [6.45, 7) is 6.43. The van der Waals surface area contributed by atoms with E-state index in [1.54, 1.807) is 13.2 Å². The van der Waals surface area contributed by atoms with Gasteiger partial charge >= 0.3 is 0 Å². The van der Waals surface area contributed by atoms with Crippen molar-refractivity contribution in [3.8, 4) is 11.5 Å². The van der Waals surface area contributed by atoms with Crippen molar-refractivity contribution in [2.24, 2.45) is 4.99 Å². The van der Waals surface area contributed by atoms with Gasteiger partial charge in [-0.3, -0.25) is 4.99 Å². The quantitative estimate of drug-likeness (QED) is 0.201. The van der Waals surface area contributed by atoms with Crippen LogP contribution in [0.1, 0.15) is 19.4 Å². The Morgan fingerprint density at radius 1 is 1.14 bits per heavy atom. The number of nitrogens with one attached hydrogen (secondary N) is 2. The molecule has 28 heavy (non-hydrogen) atoms. The van der Waals surface area contributed by atoms with Crippen molar-refractivity contribution in [1.82, 2.24) is 10.6 Å². The molecule has 0 saturated heterocycles. The molecule has 2 aromatic carbocycles. The molecule has 7 heteroatoms. The van der Waals surface area contributed by atoms with Crippen molar-refractivity contribution in [2.75, 3.05) is 26.7 Å². The number of hydrogen-bond acceptors (Lipinski definition) is 4. The number of rotatable bonds is 9. The first kappa shape index (κ1) is 24.4. The van der Waals surface area contributed by atoms with Gasteiger partial charge in [-0.25, -0.2) is 0 Å². The third-order valence-electron chi connectivity index (χ3n) is 3.92. The normalized spacial score (nSPS) is 12.0. The minimum atomic E-state index is 0. The second kappa shape index (κ2) is 13.5. The van der Waals surface area contributed by atoms with E-state index in [2.05, 4.69) is 46.8 Å². The predicted molar refractivity (Wildman–Crippen MR) is 130 cm³/mol. The SMILES string of the molecule is CCNC(=NCC(C)Sc1ccccc1)NCCc1cccc(OC)c1O.I. The van der Waals surface area contributed by atoms with E-state index < -0.39 is 0 Å². The van der Waals surface area contributed by atoms with Crippen LogP contribution in [0.15, 0.2) is 58.4 Å². The van der Waals surface area contributed by atoms with Gasteiger partial charge in [0.25, 0.3) is 0 Å². The number of methoxy groups -OCH3 is 1. The lowest BCUT2D eigenvalue weighted by Gasteiger charge is -2.14. The van der Waals surface area contributed by atoms with Crippen LogP contribution in [0.25, 0.3) is 0 Å². The van der Waals surface area contributed by atoms with Gasteiger partial charge in [-0.2, -0.15) is 0 Å². The zero-order valence-electron chi connectivity index (χ0n) is 16.6. The molecule has 0 saturated carbocycles. The third kappa shape index (κ3) is 8.18. The Balaban J connectivity index is 0.00000392. The van der Waals surface area contributed by atoms with Crippen LogP contribution < -0.4 is 15.4 Å². The molecule has 0 spiro atoms. The second-order valence-corrected chi connectivity index (χ2v) is 7.62. The summed E-state index contributed by atoms with van der Waals surface area (Å²) in [5.74, 6) is 1.50. The Kier molecular flexibility index (Phi) is 11.8. The minimum Gasteiger partial charge on any atom is -0.504 e. The fourth-order valence-electron chi connectivity index (χ4n) is 2.58. The third-order valence-corrected chi connectivity index (χ3v) is 5.02. The molecule has 0 aromatic heterocycles. The lowest BCUT2D eigenvalue weighted by atomic mass is 10.1. The lowest BCUT2D eigenvalue weighted by molar-refractivity contribution is 0.370. The largest absolute Gasteiger partial charge is 0.504 e. The molecule has 1 atom stereocenters. The molecule has 0 aliphatic rings. The standard InChI is InChI=1S/C21H29N3O2S.HI/c1-4-22-21(24-15-16(2)27-18-10-6-5-7-11-18)23-14-13-17-9-8-12-19(26-3)20(17)25;/h5-12,16,25H,4,13-15H2,1-3H3,(H2,22,23,24);1H. The van der Waals surface area contributed by atoms with E-state index in [0.29, 0.717) is 24.0 Å². The topological polar surface area (TPSA) is 65.9 Å². The highest BCUT2D eigenvalue weighted by Crippen LogP contribution is 2.29. The Labute approximate surface area is 189 Å². The Morgan fingerprint density at radius 2 is 1.89 bits per heavy atom. The van der Waals surface area contributed by atoms with Crippen molar-refractivity contribution in [1.29, 1.82) is 0 Å². The number of aliphatic imine (C=N–C) groups is 1. The fraction of sp³-hybridized carbons (Fsp3) is 0.381. The first-order valence-corrected chi connectivity index (χ1v) is 10.1. The molecule has 0 fully saturated rings. The number of nitrogens with zero attached hydrogens (tertiary/aromatic N) is 1. The Hall–Kier alpha value is -1.61. The number of benzene rings is 2. The van der Waals surface area contributed by atoms with Crippen LogP contribution in [0.2, 0.25) is 0 Å². The number of hydrogen-bond donors (Lipinski definition) is 3. The maximum absolute atomic E-state index is 10.2. The van der Waals surface area contributed by atoms with Gasteiger partial charge in [0, 0.05) is 23.2 Å². The number of phenols is 1. The molecule has 2 aromatic rings. The van der Waals surface area contributed by atoms with Crippen molar-refractivity contribution in [2.45, 2.75) is 30.4 Å². The monoisotopic (exact) mass is 515 g/mol. The van der Waals surface area contributed by atoms with Gasteiger partial charge in [0.2, 0.25) is 0 Å². The van der Waals surface area contributed by atoms with Crippen LogP contribution in [0, 0.1) is 0 Å². The van der Waals surface area contributed by atoms with Crippen LogP contribution in [-0.4, -0.2) is 43.1 Å². The first-order chi connectivity index (χ1) is 13.1. The van der Waals surface area contributed by atoms with Gasteiger partial charge in [0.15, 0.2) is 17.5 Å². The van der Waals surface area contributed by atoms with Gasteiger partial charge in [0.1, 0.15) is 0 Å². The summed E-state index contributed by atoms with van der Waals surface area (Å²) in [5, 5.41) is 17.2. The van der Waals surface area contributed by atoms with E-state index in [0.717, 1.165) is 24.6 Å². The number of aromatic hydroxyl groups is 1. The fourth-order valence-corrected chi connectivity index (χ4v) is 3.51. The van der Waals surface area contributed by atoms with E-state index in [-0.39, 0.29) is 29.7 Å². The number of thioether (sulfide) groups is 1. The van der Waals surface area contributed by atoms with E-state index in [1.165, 1.54) is 4.90 Å². The molecule has 0 heterocycles. The van der Waals surface area contributed by atoms with E-state index in [9.17, 15) is 5.11 Å².